The molecule has 5 heteroatoms. The largest absolute Gasteiger partial charge is 0.493 e. The van der Waals surface area contributed by atoms with Crippen LogP contribution in [0, 0.1) is 0 Å². The first-order valence-electron chi connectivity index (χ1n) is 6.25. The molecule has 1 atom stereocenters. The minimum atomic E-state index is -0.133. The van der Waals surface area contributed by atoms with Gasteiger partial charge in [0.15, 0.2) is 5.75 Å². The molecule has 1 unspecified atom stereocenters. The molecule has 4 nitrogen and oxygen atoms in total. The highest BCUT2D eigenvalue weighted by Crippen LogP contribution is 2.26. The topological polar surface area (TPSA) is 53.1 Å². The van der Waals surface area contributed by atoms with Crippen LogP contribution >= 0.6 is 15.9 Å². The van der Waals surface area contributed by atoms with Gasteiger partial charge in [-0.2, -0.15) is 5.10 Å². The van der Waals surface area contributed by atoms with Crippen molar-refractivity contribution in [2.24, 2.45) is 5.73 Å². The number of nitrogens with two attached hydrogens (primary N) is 1. The molecule has 0 radical (unpaired) electrons. The van der Waals surface area contributed by atoms with Crippen LogP contribution in [0.1, 0.15) is 24.2 Å². The molecule has 1 heterocycles. The lowest BCUT2D eigenvalue weighted by Crippen LogP contribution is -2.19. The van der Waals surface area contributed by atoms with E-state index in [9.17, 15) is 0 Å². The fourth-order valence-electron chi connectivity index (χ4n) is 2.18. The van der Waals surface area contributed by atoms with E-state index in [0.717, 1.165) is 28.9 Å². The molecule has 1 aromatic heterocycles. The van der Waals surface area contributed by atoms with Gasteiger partial charge in [-0.1, -0.05) is 28.1 Å². The van der Waals surface area contributed by atoms with E-state index in [1.165, 1.54) is 5.56 Å². The highest BCUT2D eigenvalue weighted by atomic mass is 79.9. The lowest BCUT2D eigenvalue weighted by molar-refractivity contribution is 0.401. The van der Waals surface area contributed by atoms with Gasteiger partial charge in [-0.15, -0.1) is 0 Å². The van der Waals surface area contributed by atoms with Crippen LogP contribution in [0.5, 0.6) is 5.75 Å². The minimum absolute atomic E-state index is 0.133. The van der Waals surface area contributed by atoms with Gasteiger partial charge in [0.25, 0.3) is 0 Å². The summed E-state index contributed by atoms with van der Waals surface area (Å²) in [5, 5.41) is 4.29. The number of benzene rings is 1. The Balaban J connectivity index is 2.24. The fourth-order valence-corrected chi connectivity index (χ4v) is 2.62. The van der Waals surface area contributed by atoms with Crippen molar-refractivity contribution in [2.75, 3.05) is 7.11 Å². The number of ether oxygens (including phenoxy) is 1. The summed E-state index contributed by atoms with van der Waals surface area (Å²) in [4.78, 5) is 0. The van der Waals surface area contributed by atoms with Gasteiger partial charge in [0.2, 0.25) is 0 Å². The van der Waals surface area contributed by atoms with Crippen LogP contribution < -0.4 is 10.5 Å². The summed E-state index contributed by atoms with van der Waals surface area (Å²) in [6.45, 7) is 2.83. The van der Waals surface area contributed by atoms with Crippen LogP contribution in [-0.4, -0.2) is 16.9 Å². The van der Waals surface area contributed by atoms with E-state index in [1.54, 1.807) is 13.3 Å². The number of hydrogen-bond acceptors (Lipinski definition) is 3. The van der Waals surface area contributed by atoms with Gasteiger partial charge < -0.3 is 10.5 Å². The maximum absolute atomic E-state index is 6.32. The number of halogens is 1. The van der Waals surface area contributed by atoms with Crippen LogP contribution in [-0.2, 0) is 13.0 Å². The van der Waals surface area contributed by atoms with Gasteiger partial charge in [0.1, 0.15) is 0 Å². The quantitative estimate of drug-likeness (QED) is 0.920. The summed E-state index contributed by atoms with van der Waals surface area (Å²) in [5.41, 5.74) is 8.45. The predicted octanol–water partition coefficient (Wildman–Crippen LogP) is 2.92. The van der Waals surface area contributed by atoms with Gasteiger partial charge in [0, 0.05) is 11.0 Å². The summed E-state index contributed by atoms with van der Waals surface area (Å²) in [7, 11) is 1.65. The van der Waals surface area contributed by atoms with Crippen molar-refractivity contribution in [3.05, 3.63) is 46.2 Å². The number of rotatable bonds is 5. The highest BCUT2D eigenvalue weighted by Gasteiger charge is 2.18. The molecule has 0 spiro atoms. The van der Waals surface area contributed by atoms with Crippen LogP contribution in [0.25, 0.3) is 0 Å². The number of nitrogens with zero attached hydrogens (tertiary/aromatic N) is 2. The SMILES string of the molecule is CCn1ncc(OC)c1C(N)Cc1cccc(Br)c1. The molecule has 2 aromatic rings. The van der Waals surface area contributed by atoms with Crippen LogP contribution in [0.3, 0.4) is 0 Å². The zero-order valence-electron chi connectivity index (χ0n) is 11.1. The van der Waals surface area contributed by atoms with Crippen LogP contribution in [0.2, 0.25) is 0 Å². The van der Waals surface area contributed by atoms with Gasteiger partial charge in [-0.3, -0.25) is 4.68 Å². The van der Waals surface area contributed by atoms with Crippen molar-refractivity contribution in [3.8, 4) is 5.75 Å². The lowest BCUT2D eigenvalue weighted by atomic mass is 10.0. The van der Waals surface area contributed by atoms with Crippen LogP contribution in [0.15, 0.2) is 34.9 Å². The Kier molecular flexibility index (Phi) is 4.61. The van der Waals surface area contributed by atoms with Gasteiger partial charge >= 0.3 is 0 Å². The molecule has 2 N–H and O–H groups in total. The molecule has 0 saturated heterocycles. The number of hydrogen-bond donors (Lipinski definition) is 1. The maximum atomic E-state index is 6.32. The van der Waals surface area contributed by atoms with Gasteiger partial charge in [-0.25, -0.2) is 0 Å². The summed E-state index contributed by atoms with van der Waals surface area (Å²) in [5.74, 6) is 0.754. The zero-order chi connectivity index (χ0) is 13.8. The first-order chi connectivity index (χ1) is 9.15. The normalized spacial score (nSPS) is 12.4. The molecule has 0 saturated carbocycles. The third kappa shape index (κ3) is 3.16. The Hall–Kier alpha value is -1.33. The monoisotopic (exact) mass is 323 g/mol. The molecule has 0 amide bonds. The second kappa shape index (κ2) is 6.21. The second-order valence-electron chi connectivity index (χ2n) is 4.35. The van der Waals surface area contributed by atoms with Crippen molar-refractivity contribution in [1.82, 2.24) is 9.78 Å². The Morgan fingerprint density at radius 1 is 1.47 bits per heavy atom. The van der Waals surface area contributed by atoms with E-state index >= 15 is 0 Å². The molecule has 0 aliphatic rings. The Labute approximate surface area is 121 Å². The van der Waals surface area contributed by atoms with Crippen molar-refractivity contribution < 1.29 is 4.74 Å². The van der Waals surface area contributed by atoms with Crippen molar-refractivity contribution in [2.45, 2.75) is 25.9 Å². The molecule has 0 bridgehead atoms. The summed E-state index contributed by atoms with van der Waals surface area (Å²) in [6.07, 6.45) is 2.47. The Bertz CT molecular complexity index is 532. The Morgan fingerprint density at radius 2 is 2.26 bits per heavy atom. The van der Waals surface area contributed by atoms with E-state index in [0.29, 0.717) is 0 Å². The smallest absolute Gasteiger partial charge is 0.161 e. The average Bonchev–Trinajstić information content (AvgIpc) is 2.81. The number of methoxy groups -OCH3 is 1. The average molecular weight is 324 g/mol. The maximum Gasteiger partial charge on any atom is 0.161 e. The number of aryl methyl sites for hydroxylation is 1. The Morgan fingerprint density at radius 3 is 2.89 bits per heavy atom. The predicted molar refractivity (Wildman–Crippen MR) is 79.2 cm³/mol. The van der Waals surface area contributed by atoms with E-state index in [-0.39, 0.29) is 6.04 Å². The molecule has 0 fully saturated rings. The van der Waals surface area contributed by atoms with E-state index in [4.69, 9.17) is 10.5 Å². The third-order valence-corrected chi connectivity index (χ3v) is 3.55. The zero-order valence-corrected chi connectivity index (χ0v) is 12.7. The molecule has 102 valence electrons. The second-order valence-corrected chi connectivity index (χ2v) is 5.27. The van der Waals surface area contributed by atoms with Crippen LogP contribution in [0.4, 0.5) is 0 Å². The van der Waals surface area contributed by atoms with Gasteiger partial charge in [-0.05, 0) is 31.0 Å². The molecular formula is C14H18BrN3O. The third-order valence-electron chi connectivity index (χ3n) is 3.06. The van der Waals surface area contributed by atoms with E-state index in [1.807, 2.05) is 23.7 Å². The van der Waals surface area contributed by atoms with E-state index in [2.05, 4.69) is 33.2 Å². The molecule has 2 rings (SSSR count). The van der Waals surface area contributed by atoms with Crippen molar-refractivity contribution >= 4 is 15.9 Å². The molecular weight excluding hydrogens is 306 g/mol. The first-order valence-corrected chi connectivity index (χ1v) is 7.04. The van der Waals surface area contributed by atoms with Gasteiger partial charge in [0.05, 0.1) is 25.0 Å². The van der Waals surface area contributed by atoms with Crippen molar-refractivity contribution in [3.63, 3.8) is 0 Å². The standard InChI is InChI=1S/C14H18BrN3O/c1-3-18-14(13(19-2)9-17-18)12(16)8-10-5-4-6-11(15)7-10/h4-7,9,12H,3,8,16H2,1-2H3. The number of aromatic nitrogens is 2. The lowest BCUT2D eigenvalue weighted by Gasteiger charge is -2.15. The fraction of sp³-hybridized carbons (Fsp3) is 0.357. The highest BCUT2D eigenvalue weighted by molar-refractivity contribution is 9.10. The molecule has 1 aromatic carbocycles. The first kappa shape index (κ1) is 14.1. The van der Waals surface area contributed by atoms with Crippen molar-refractivity contribution in [1.29, 1.82) is 0 Å². The van der Waals surface area contributed by atoms with E-state index < -0.39 is 0 Å². The molecule has 19 heavy (non-hydrogen) atoms. The summed E-state index contributed by atoms with van der Waals surface area (Å²) < 4.78 is 8.29. The molecule has 0 aliphatic carbocycles. The minimum Gasteiger partial charge on any atom is -0.493 e. The summed E-state index contributed by atoms with van der Waals surface area (Å²) in [6, 6.07) is 8.04. The molecule has 0 aliphatic heterocycles. The summed E-state index contributed by atoms with van der Waals surface area (Å²) >= 11 is 3.47.